The van der Waals surface area contributed by atoms with Crippen LogP contribution in [0.2, 0.25) is 0 Å². The molecule has 6 nitrogen and oxygen atoms in total. The van der Waals surface area contributed by atoms with Gasteiger partial charge in [-0.25, -0.2) is 5.01 Å². The highest BCUT2D eigenvalue weighted by Gasteiger charge is 2.30. The molecule has 0 radical (unpaired) electrons. The molecule has 1 saturated carbocycles. The van der Waals surface area contributed by atoms with Crippen molar-refractivity contribution >= 4 is 17.4 Å². The zero-order valence-corrected chi connectivity index (χ0v) is 16.6. The van der Waals surface area contributed by atoms with Crippen LogP contribution in [0.25, 0.3) is 0 Å². The lowest BCUT2D eigenvalue weighted by atomic mass is 9.90. The number of hydrazone groups is 1. The first-order valence-corrected chi connectivity index (χ1v) is 10.4. The van der Waals surface area contributed by atoms with Crippen LogP contribution in [0.3, 0.4) is 0 Å². The molecule has 1 unspecified atom stereocenters. The number of ether oxygens (including phenoxy) is 1. The third-order valence-electron chi connectivity index (χ3n) is 5.60. The molecule has 1 atom stereocenters. The van der Waals surface area contributed by atoms with Gasteiger partial charge >= 0.3 is 0 Å². The summed E-state index contributed by atoms with van der Waals surface area (Å²) >= 11 is 0. The maximum Gasteiger partial charge on any atom is 0.286 e. The fourth-order valence-corrected chi connectivity index (χ4v) is 4.06. The molecule has 2 aromatic carbocycles. The van der Waals surface area contributed by atoms with Crippen molar-refractivity contribution in [3.05, 3.63) is 65.7 Å². The summed E-state index contributed by atoms with van der Waals surface area (Å²) in [6, 6.07) is 18.0. The predicted molar refractivity (Wildman–Crippen MR) is 114 cm³/mol. The number of amides is 1. The van der Waals surface area contributed by atoms with Crippen LogP contribution in [0.4, 0.5) is 5.69 Å². The molecule has 4 rings (SSSR count). The SMILES string of the molecule is NC(=O)C1=NN(c2cccc(COCC3CCCCC3)c2)C(c2ccccc2)N1. The van der Waals surface area contributed by atoms with E-state index < -0.39 is 5.91 Å². The zero-order valence-electron chi connectivity index (χ0n) is 16.6. The molecule has 0 saturated heterocycles. The van der Waals surface area contributed by atoms with Gasteiger partial charge in [-0.1, -0.05) is 61.7 Å². The smallest absolute Gasteiger partial charge is 0.286 e. The molecule has 2 aliphatic rings. The molecule has 6 heteroatoms. The van der Waals surface area contributed by atoms with Crippen molar-refractivity contribution in [2.24, 2.45) is 16.8 Å². The van der Waals surface area contributed by atoms with E-state index in [1.54, 1.807) is 5.01 Å². The van der Waals surface area contributed by atoms with Crippen LogP contribution in [-0.2, 0) is 16.1 Å². The average Bonchev–Trinajstić information content (AvgIpc) is 3.21. The molecule has 1 heterocycles. The second-order valence-corrected chi connectivity index (χ2v) is 7.80. The summed E-state index contributed by atoms with van der Waals surface area (Å²) in [6.07, 6.45) is 6.29. The molecule has 1 aliphatic heterocycles. The van der Waals surface area contributed by atoms with Crippen LogP contribution in [0, 0.1) is 5.92 Å². The van der Waals surface area contributed by atoms with Gasteiger partial charge in [0.15, 0.2) is 0 Å². The van der Waals surface area contributed by atoms with Crippen molar-refractivity contribution in [3.63, 3.8) is 0 Å². The highest BCUT2D eigenvalue weighted by Crippen LogP contribution is 2.30. The fraction of sp³-hybridized carbons (Fsp3) is 0.391. The summed E-state index contributed by atoms with van der Waals surface area (Å²) in [6.45, 7) is 1.40. The molecular formula is C23H28N4O2. The summed E-state index contributed by atoms with van der Waals surface area (Å²) in [4.78, 5) is 11.7. The van der Waals surface area contributed by atoms with Crippen molar-refractivity contribution < 1.29 is 9.53 Å². The maximum atomic E-state index is 11.7. The molecule has 29 heavy (non-hydrogen) atoms. The van der Waals surface area contributed by atoms with E-state index in [4.69, 9.17) is 10.5 Å². The zero-order chi connectivity index (χ0) is 20.1. The van der Waals surface area contributed by atoms with Crippen LogP contribution in [0.1, 0.15) is 49.4 Å². The van der Waals surface area contributed by atoms with Gasteiger partial charge < -0.3 is 15.8 Å². The number of carbonyl (C=O) groups excluding carboxylic acids is 1. The Hall–Kier alpha value is -2.86. The van der Waals surface area contributed by atoms with E-state index in [2.05, 4.69) is 22.6 Å². The Balaban J connectivity index is 1.48. The van der Waals surface area contributed by atoms with E-state index in [9.17, 15) is 4.79 Å². The van der Waals surface area contributed by atoms with Crippen LogP contribution in [0.5, 0.6) is 0 Å². The fourth-order valence-electron chi connectivity index (χ4n) is 4.06. The Kier molecular flexibility index (Phi) is 6.10. The second-order valence-electron chi connectivity index (χ2n) is 7.80. The molecule has 0 aromatic heterocycles. The number of anilines is 1. The lowest BCUT2D eigenvalue weighted by Gasteiger charge is -2.24. The molecule has 152 valence electrons. The summed E-state index contributed by atoms with van der Waals surface area (Å²) in [7, 11) is 0. The summed E-state index contributed by atoms with van der Waals surface area (Å²) < 4.78 is 6.00. The van der Waals surface area contributed by atoms with E-state index in [0.29, 0.717) is 12.5 Å². The number of carbonyl (C=O) groups is 1. The van der Waals surface area contributed by atoms with Crippen LogP contribution < -0.4 is 16.1 Å². The first kappa shape index (κ1) is 19.5. The maximum absolute atomic E-state index is 11.7. The van der Waals surface area contributed by atoms with Crippen LogP contribution in [-0.4, -0.2) is 18.3 Å². The van der Waals surface area contributed by atoms with E-state index in [-0.39, 0.29) is 12.0 Å². The first-order chi connectivity index (χ1) is 14.2. The Labute approximate surface area is 171 Å². The van der Waals surface area contributed by atoms with Crippen LogP contribution in [0.15, 0.2) is 59.7 Å². The molecule has 1 amide bonds. The number of hydrogen-bond donors (Lipinski definition) is 2. The monoisotopic (exact) mass is 392 g/mol. The lowest BCUT2D eigenvalue weighted by molar-refractivity contribution is -0.112. The predicted octanol–water partition coefficient (Wildman–Crippen LogP) is 3.69. The molecule has 0 spiro atoms. The van der Waals surface area contributed by atoms with E-state index in [0.717, 1.165) is 23.4 Å². The highest BCUT2D eigenvalue weighted by atomic mass is 16.5. The van der Waals surface area contributed by atoms with Crippen molar-refractivity contribution in [3.8, 4) is 0 Å². The molecule has 1 fully saturated rings. The first-order valence-electron chi connectivity index (χ1n) is 10.4. The van der Waals surface area contributed by atoms with Crippen LogP contribution >= 0.6 is 0 Å². The minimum atomic E-state index is -0.569. The molecule has 1 aliphatic carbocycles. The van der Waals surface area contributed by atoms with Gasteiger partial charge in [-0.15, -0.1) is 5.10 Å². The topological polar surface area (TPSA) is 80.0 Å². The Morgan fingerprint density at radius 2 is 1.90 bits per heavy atom. The van der Waals surface area contributed by atoms with Crippen molar-refractivity contribution in [2.75, 3.05) is 11.6 Å². The Bertz CT molecular complexity index is 862. The standard InChI is InChI=1S/C23H28N4O2/c24-21(28)22-25-23(19-11-5-2-6-12-19)27(26-22)20-13-7-10-18(14-20)16-29-15-17-8-3-1-4-9-17/h2,5-7,10-14,17,23H,1,3-4,8-9,15-16H2,(H2,24,28)(H,25,26). The second kappa shape index (κ2) is 9.09. The lowest BCUT2D eigenvalue weighted by Crippen LogP contribution is -2.36. The number of nitrogens with zero attached hydrogens (tertiary/aromatic N) is 2. The summed E-state index contributed by atoms with van der Waals surface area (Å²) in [5, 5.41) is 9.37. The summed E-state index contributed by atoms with van der Waals surface area (Å²) in [5.74, 6) is 0.290. The average molecular weight is 393 g/mol. The number of nitrogens with two attached hydrogens (primary N) is 1. The minimum absolute atomic E-state index is 0.165. The number of primary amides is 1. The summed E-state index contributed by atoms with van der Waals surface area (Å²) in [5.41, 5.74) is 8.45. The van der Waals surface area contributed by atoms with Crippen molar-refractivity contribution in [1.29, 1.82) is 0 Å². The van der Waals surface area contributed by atoms with Crippen molar-refractivity contribution in [1.82, 2.24) is 5.32 Å². The van der Waals surface area contributed by atoms with Gasteiger partial charge in [0, 0.05) is 6.61 Å². The van der Waals surface area contributed by atoms with E-state index >= 15 is 0 Å². The molecular weight excluding hydrogens is 364 g/mol. The van der Waals surface area contributed by atoms with Gasteiger partial charge in [-0.05, 0) is 42.0 Å². The Morgan fingerprint density at radius 3 is 2.66 bits per heavy atom. The largest absolute Gasteiger partial charge is 0.376 e. The number of amidine groups is 1. The van der Waals surface area contributed by atoms with Gasteiger partial charge in [-0.2, -0.15) is 0 Å². The quantitative estimate of drug-likeness (QED) is 0.753. The van der Waals surface area contributed by atoms with Gasteiger partial charge in [0.2, 0.25) is 5.84 Å². The molecule has 2 aromatic rings. The minimum Gasteiger partial charge on any atom is -0.376 e. The number of nitrogens with one attached hydrogen (secondary N) is 1. The third-order valence-corrected chi connectivity index (χ3v) is 5.60. The van der Waals surface area contributed by atoms with Gasteiger partial charge in [0.25, 0.3) is 5.91 Å². The molecule has 3 N–H and O–H groups in total. The van der Waals surface area contributed by atoms with Gasteiger partial charge in [-0.3, -0.25) is 4.79 Å². The number of benzene rings is 2. The normalized spacial score (nSPS) is 19.7. The third kappa shape index (κ3) is 4.77. The Morgan fingerprint density at radius 1 is 1.10 bits per heavy atom. The van der Waals surface area contributed by atoms with E-state index in [1.165, 1.54) is 32.1 Å². The number of rotatable bonds is 7. The van der Waals surface area contributed by atoms with Gasteiger partial charge in [0.05, 0.1) is 12.3 Å². The number of hydrogen-bond acceptors (Lipinski definition) is 5. The highest BCUT2D eigenvalue weighted by molar-refractivity contribution is 6.38. The van der Waals surface area contributed by atoms with Gasteiger partial charge in [0.1, 0.15) is 6.17 Å². The van der Waals surface area contributed by atoms with Crippen molar-refractivity contribution in [2.45, 2.75) is 44.9 Å². The molecule has 0 bridgehead atoms. The van der Waals surface area contributed by atoms with E-state index in [1.807, 2.05) is 42.5 Å².